The number of hydrogen-bond donors (Lipinski definition) is 1. The molecule has 0 bridgehead atoms. The molecule has 23 heavy (non-hydrogen) atoms. The second-order valence-electron chi connectivity index (χ2n) is 5.82. The molecule has 2 amide bonds. The highest BCUT2D eigenvalue weighted by Gasteiger charge is 2.40. The van der Waals surface area contributed by atoms with Gasteiger partial charge in [0.15, 0.2) is 5.82 Å². The zero-order chi connectivity index (χ0) is 16.4. The molecular weight excluding hydrogens is 302 g/mol. The minimum Gasteiger partial charge on any atom is -0.378 e. The van der Waals surface area contributed by atoms with Crippen molar-refractivity contribution in [2.24, 2.45) is 5.73 Å². The van der Waals surface area contributed by atoms with Crippen LogP contribution in [-0.2, 0) is 20.7 Å². The summed E-state index contributed by atoms with van der Waals surface area (Å²) in [4.78, 5) is 32.6. The summed E-state index contributed by atoms with van der Waals surface area (Å²) in [6.07, 6.45) is 0.754. The Morgan fingerprint density at radius 1 is 1.39 bits per heavy atom. The molecular formula is C14H21N5O4. The van der Waals surface area contributed by atoms with E-state index in [9.17, 15) is 9.59 Å². The van der Waals surface area contributed by atoms with Crippen LogP contribution < -0.4 is 5.73 Å². The Balaban J connectivity index is 1.80. The van der Waals surface area contributed by atoms with Crippen molar-refractivity contribution in [3.8, 4) is 0 Å². The maximum absolute atomic E-state index is 12.9. The van der Waals surface area contributed by atoms with E-state index in [4.69, 9.17) is 15.0 Å². The van der Waals surface area contributed by atoms with Gasteiger partial charge in [-0.2, -0.15) is 4.98 Å². The molecule has 2 N–H and O–H groups in total. The molecule has 126 valence electrons. The summed E-state index contributed by atoms with van der Waals surface area (Å²) >= 11 is 0. The normalized spacial score (nSPS) is 23.4. The zero-order valence-corrected chi connectivity index (χ0v) is 13.1. The van der Waals surface area contributed by atoms with E-state index in [0.717, 1.165) is 0 Å². The molecule has 3 rings (SSSR count). The van der Waals surface area contributed by atoms with Crippen molar-refractivity contribution >= 4 is 11.8 Å². The molecule has 2 aliphatic rings. The first-order valence-corrected chi connectivity index (χ1v) is 7.78. The Morgan fingerprint density at radius 2 is 2.13 bits per heavy atom. The lowest BCUT2D eigenvalue weighted by Gasteiger charge is -2.33. The minimum absolute atomic E-state index is 0.119. The molecule has 2 aliphatic heterocycles. The standard InChI is InChI=1S/C14H21N5O4/c1-9-16-12(23-17-9)8-11(19-3-2-10(15)13(19)20)14(21)18-4-6-22-7-5-18/h10-11H,2-8,15H2,1H3/t10-,11-/m0/s1. The van der Waals surface area contributed by atoms with Crippen molar-refractivity contribution < 1.29 is 18.8 Å². The molecule has 0 unspecified atom stereocenters. The number of nitrogens with two attached hydrogens (primary N) is 1. The van der Waals surface area contributed by atoms with Gasteiger partial charge < -0.3 is 24.8 Å². The van der Waals surface area contributed by atoms with Gasteiger partial charge in [0.05, 0.1) is 25.7 Å². The fourth-order valence-corrected chi connectivity index (χ4v) is 2.95. The number of amides is 2. The number of carbonyl (C=O) groups excluding carboxylic acids is 2. The lowest BCUT2D eigenvalue weighted by Crippen LogP contribution is -2.54. The van der Waals surface area contributed by atoms with Crippen molar-refractivity contribution in [3.63, 3.8) is 0 Å². The summed E-state index contributed by atoms with van der Waals surface area (Å²) < 4.78 is 10.4. The lowest BCUT2D eigenvalue weighted by atomic mass is 10.1. The zero-order valence-electron chi connectivity index (χ0n) is 13.1. The van der Waals surface area contributed by atoms with Crippen LogP contribution in [0.25, 0.3) is 0 Å². The fourth-order valence-electron chi connectivity index (χ4n) is 2.95. The molecule has 9 heteroatoms. The van der Waals surface area contributed by atoms with Crippen molar-refractivity contribution in [2.75, 3.05) is 32.8 Å². The number of aromatic nitrogens is 2. The predicted octanol–water partition coefficient (Wildman–Crippen LogP) is -1.29. The lowest BCUT2D eigenvalue weighted by molar-refractivity contribution is -0.146. The predicted molar refractivity (Wildman–Crippen MR) is 78.2 cm³/mol. The Bertz CT molecular complexity index is 583. The second kappa shape index (κ2) is 6.63. The van der Waals surface area contributed by atoms with Gasteiger partial charge in [0.2, 0.25) is 17.7 Å². The van der Waals surface area contributed by atoms with Gasteiger partial charge in [0, 0.05) is 19.6 Å². The summed E-state index contributed by atoms with van der Waals surface area (Å²) in [5, 5.41) is 3.74. The van der Waals surface area contributed by atoms with Gasteiger partial charge >= 0.3 is 0 Å². The number of rotatable bonds is 4. The van der Waals surface area contributed by atoms with Gasteiger partial charge in [-0.1, -0.05) is 5.16 Å². The highest BCUT2D eigenvalue weighted by molar-refractivity contribution is 5.91. The van der Waals surface area contributed by atoms with Crippen LogP contribution in [-0.4, -0.2) is 76.7 Å². The molecule has 2 saturated heterocycles. The first kappa shape index (κ1) is 15.9. The third kappa shape index (κ3) is 3.35. The van der Waals surface area contributed by atoms with Crippen LogP contribution in [0.3, 0.4) is 0 Å². The van der Waals surface area contributed by atoms with Crippen LogP contribution in [0.4, 0.5) is 0 Å². The summed E-state index contributed by atoms with van der Waals surface area (Å²) in [5.74, 6) is 0.531. The Kier molecular flexibility index (Phi) is 4.58. The summed E-state index contributed by atoms with van der Waals surface area (Å²) in [6.45, 7) is 4.23. The van der Waals surface area contributed by atoms with Gasteiger partial charge in [-0.3, -0.25) is 9.59 Å². The molecule has 9 nitrogen and oxygen atoms in total. The van der Waals surface area contributed by atoms with Gasteiger partial charge in [-0.25, -0.2) is 0 Å². The molecule has 1 aromatic rings. The molecule has 2 fully saturated rings. The number of morpholine rings is 1. The number of carbonyl (C=O) groups is 2. The van der Waals surface area contributed by atoms with E-state index in [2.05, 4.69) is 10.1 Å². The van der Waals surface area contributed by atoms with E-state index in [1.54, 1.807) is 16.7 Å². The number of hydrogen-bond acceptors (Lipinski definition) is 7. The van der Waals surface area contributed by atoms with Crippen molar-refractivity contribution in [1.82, 2.24) is 19.9 Å². The smallest absolute Gasteiger partial charge is 0.246 e. The van der Waals surface area contributed by atoms with Crippen LogP contribution in [0.1, 0.15) is 18.1 Å². The third-order valence-corrected chi connectivity index (χ3v) is 4.20. The van der Waals surface area contributed by atoms with E-state index in [1.165, 1.54) is 0 Å². The van der Waals surface area contributed by atoms with E-state index in [1.807, 2.05) is 0 Å². The maximum atomic E-state index is 12.9. The summed E-state index contributed by atoms with van der Waals surface area (Å²) in [5.41, 5.74) is 5.80. The average molecular weight is 323 g/mol. The van der Waals surface area contributed by atoms with Gasteiger partial charge in [0.1, 0.15) is 6.04 Å². The molecule has 0 saturated carbocycles. The van der Waals surface area contributed by atoms with Crippen LogP contribution in [0, 0.1) is 6.92 Å². The van der Waals surface area contributed by atoms with Crippen molar-refractivity contribution in [1.29, 1.82) is 0 Å². The molecule has 2 atom stereocenters. The number of likely N-dealkylation sites (tertiary alicyclic amines) is 1. The Morgan fingerprint density at radius 3 is 2.70 bits per heavy atom. The van der Waals surface area contributed by atoms with Crippen LogP contribution in [0.5, 0.6) is 0 Å². The van der Waals surface area contributed by atoms with Gasteiger partial charge in [-0.05, 0) is 13.3 Å². The topological polar surface area (TPSA) is 115 Å². The highest BCUT2D eigenvalue weighted by atomic mass is 16.5. The first-order chi connectivity index (χ1) is 11.1. The number of aryl methyl sites for hydroxylation is 1. The first-order valence-electron chi connectivity index (χ1n) is 7.78. The molecule has 0 aliphatic carbocycles. The Labute approximate surface area is 133 Å². The van der Waals surface area contributed by atoms with Crippen LogP contribution >= 0.6 is 0 Å². The number of nitrogens with zero attached hydrogens (tertiary/aromatic N) is 4. The molecule has 0 radical (unpaired) electrons. The molecule has 1 aromatic heterocycles. The second-order valence-corrected chi connectivity index (χ2v) is 5.82. The van der Waals surface area contributed by atoms with Gasteiger partial charge in [-0.15, -0.1) is 0 Å². The summed E-state index contributed by atoms with van der Waals surface area (Å²) in [7, 11) is 0. The average Bonchev–Trinajstić information content (AvgIpc) is 3.12. The monoisotopic (exact) mass is 323 g/mol. The maximum Gasteiger partial charge on any atom is 0.246 e. The van der Waals surface area contributed by atoms with Crippen LogP contribution in [0.2, 0.25) is 0 Å². The SMILES string of the molecule is Cc1noc(C[C@@H](C(=O)N2CCOCC2)N2CC[C@H](N)C2=O)n1. The van der Waals surface area contributed by atoms with Crippen molar-refractivity contribution in [3.05, 3.63) is 11.7 Å². The quantitative estimate of drug-likeness (QED) is 0.733. The molecule has 0 aromatic carbocycles. The van der Waals surface area contributed by atoms with E-state index < -0.39 is 12.1 Å². The van der Waals surface area contributed by atoms with Gasteiger partial charge in [0.25, 0.3) is 0 Å². The van der Waals surface area contributed by atoms with E-state index in [-0.39, 0.29) is 18.2 Å². The minimum atomic E-state index is -0.658. The van der Waals surface area contributed by atoms with Crippen LogP contribution in [0.15, 0.2) is 4.52 Å². The summed E-state index contributed by atoms with van der Waals surface area (Å²) in [6, 6.07) is -1.20. The third-order valence-electron chi connectivity index (χ3n) is 4.20. The largest absolute Gasteiger partial charge is 0.378 e. The van der Waals surface area contributed by atoms with E-state index in [0.29, 0.717) is 51.0 Å². The molecule has 3 heterocycles. The Hall–Kier alpha value is -2.00. The van der Waals surface area contributed by atoms with Crippen molar-refractivity contribution in [2.45, 2.75) is 31.8 Å². The highest BCUT2D eigenvalue weighted by Crippen LogP contribution is 2.19. The fraction of sp³-hybridized carbons (Fsp3) is 0.714. The number of ether oxygens (including phenoxy) is 1. The molecule has 0 spiro atoms. The van der Waals surface area contributed by atoms with E-state index >= 15 is 0 Å².